The molecular weight excluding hydrogens is 150 g/mol. The zero-order valence-electron chi connectivity index (χ0n) is 6.15. The molecule has 4 N–H and O–H groups in total. The smallest absolute Gasteiger partial charge is 0.321 e. The van der Waals surface area contributed by atoms with Crippen molar-refractivity contribution < 1.29 is 19.8 Å². The maximum Gasteiger partial charge on any atom is 0.321 e. The lowest BCUT2D eigenvalue weighted by molar-refractivity contribution is -0.150. The van der Waals surface area contributed by atoms with Crippen LogP contribution < -0.4 is 5.73 Å². The Morgan fingerprint density at radius 2 is 1.82 bits per heavy atom. The van der Waals surface area contributed by atoms with Crippen molar-refractivity contribution >= 4 is 11.9 Å². The van der Waals surface area contributed by atoms with E-state index < -0.39 is 23.9 Å². The Kier molecular flexibility index (Phi) is 3.53. The number of nitrogens with two attached hydrogens (primary N) is 1. The van der Waals surface area contributed by atoms with Crippen LogP contribution in [0.1, 0.15) is 13.3 Å². The van der Waals surface area contributed by atoms with E-state index in [0.717, 1.165) is 0 Å². The van der Waals surface area contributed by atoms with Crippen molar-refractivity contribution in [2.75, 3.05) is 0 Å². The molecule has 2 atom stereocenters. The van der Waals surface area contributed by atoms with E-state index in [2.05, 4.69) is 0 Å². The first-order valence-electron chi connectivity index (χ1n) is 3.21. The summed E-state index contributed by atoms with van der Waals surface area (Å²) in [5.41, 5.74) is 5.09. The fraction of sp³-hybridized carbons (Fsp3) is 0.667. The number of carbonyl (C=O) groups is 2. The minimum atomic E-state index is -1.31. The second-order valence-corrected chi connectivity index (χ2v) is 2.22. The molecule has 64 valence electrons. The largest absolute Gasteiger partial charge is 0.481 e. The highest BCUT2D eigenvalue weighted by atomic mass is 16.4. The van der Waals surface area contributed by atoms with Gasteiger partial charge in [-0.05, 0) is 6.42 Å². The summed E-state index contributed by atoms with van der Waals surface area (Å²) in [5, 5.41) is 16.8. The van der Waals surface area contributed by atoms with Gasteiger partial charge in [-0.2, -0.15) is 0 Å². The molecule has 0 unspecified atom stereocenters. The Labute approximate surface area is 63.8 Å². The van der Waals surface area contributed by atoms with Crippen LogP contribution in [-0.4, -0.2) is 28.2 Å². The topological polar surface area (TPSA) is 101 Å². The van der Waals surface area contributed by atoms with E-state index in [1.54, 1.807) is 6.92 Å². The van der Waals surface area contributed by atoms with Crippen LogP contribution in [0.4, 0.5) is 0 Å². The highest BCUT2D eigenvalue weighted by molar-refractivity contribution is 5.82. The molecule has 0 radical (unpaired) electrons. The van der Waals surface area contributed by atoms with Crippen LogP contribution in [0.3, 0.4) is 0 Å². The normalized spacial score (nSPS) is 15.5. The van der Waals surface area contributed by atoms with Gasteiger partial charge in [0.25, 0.3) is 0 Å². The molecule has 0 heterocycles. The third kappa shape index (κ3) is 2.55. The summed E-state index contributed by atoms with van der Waals surface area (Å²) < 4.78 is 0. The average molecular weight is 161 g/mol. The molecule has 0 aromatic heterocycles. The van der Waals surface area contributed by atoms with Crippen LogP contribution >= 0.6 is 0 Å². The van der Waals surface area contributed by atoms with Gasteiger partial charge in [0.1, 0.15) is 6.04 Å². The molecule has 11 heavy (non-hydrogen) atoms. The van der Waals surface area contributed by atoms with Gasteiger partial charge in [0, 0.05) is 0 Å². The van der Waals surface area contributed by atoms with E-state index >= 15 is 0 Å². The Morgan fingerprint density at radius 3 is 1.91 bits per heavy atom. The number of carboxylic acid groups (broad SMARTS) is 2. The van der Waals surface area contributed by atoms with Gasteiger partial charge in [-0.3, -0.25) is 9.59 Å². The van der Waals surface area contributed by atoms with Crippen LogP contribution in [0.5, 0.6) is 0 Å². The molecule has 0 aliphatic heterocycles. The monoisotopic (exact) mass is 161 g/mol. The van der Waals surface area contributed by atoms with E-state index in [9.17, 15) is 9.59 Å². The summed E-state index contributed by atoms with van der Waals surface area (Å²) in [5.74, 6) is -3.44. The molecular formula is C6H11NO4. The fourth-order valence-corrected chi connectivity index (χ4v) is 0.754. The minimum absolute atomic E-state index is 0.225. The zero-order chi connectivity index (χ0) is 9.02. The number of carboxylic acids is 2. The van der Waals surface area contributed by atoms with E-state index in [1.807, 2.05) is 0 Å². The first kappa shape index (κ1) is 9.90. The van der Waals surface area contributed by atoms with Crippen LogP contribution in [0, 0.1) is 5.92 Å². The number of rotatable bonds is 4. The SMILES string of the molecule is CC[C@@H](C(=O)O)[C@H](N)C(=O)O. The molecule has 0 aliphatic carbocycles. The van der Waals surface area contributed by atoms with Crippen molar-refractivity contribution in [1.29, 1.82) is 0 Å². The average Bonchev–Trinajstić information content (AvgIpc) is 1.88. The number of aliphatic carboxylic acids is 2. The van der Waals surface area contributed by atoms with Gasteiger partial charge >= 0.3 is 11.9 Å². The molecule has 0 saturated heterocycles. The minimum Gasteiger partial charge on any atom is -0.481 e. The van der Waals surface area contributed by atoms with Gasteiger partial charge in [0.05, 0.1) is 5.92 Å². The van der Waals surface area contributed by atoms with Crippen molar-refractivity contribution in [2.45, 2.75) is 19.4 Å². The molecule has 0 bridgehead atoms. The zero-order valence-corrected chi connectivity index (χ0v) is 6.15. The molecule has 0 spiro atoms. The molecule has 5 nitrogen and oxygen atoms in total. The first-order valence-corrected chi connectivity index (χ1v) is 3.21. The van der Waals surface area contributed by atoms with Crippen molar-refractivity contribution in [2.24, 2.45) is 11.7 Å². The molecule has 0 aromatic rings. The van der Waals surface area contributed by atoms with Crippen LogP contribution in [0.15, 0.2) is 0 Å². The van der Waals surface area contributed by atoms with Crippen LogP contribution in [-0.2, 0) is 9.59 Å². The Hall–Kier alpha value is -1.10. The maximum atomic E-state index is 10.3. The lowest BCUT2D eigenvalue weighted by atomic mass is 9.98. The lowest BCUT2D eigenvalue weighted by Gasteiger charge is -2.13. The summed E-state index contributed by atoms with van der Waals surface area (Å²) in [7, 11) is 0. The van der Waals surface area contributed by atoms with E-state index in [0.29, 0.717) is 0 Å². The van der Waals surface area contributed by atoms with Gasteiger partial charge < -0.3 is 15.9 Å². The third-order valence-electron chi connectivity index (χ3n) is 1.48. The van der Waals surface area contributed by atoms with Gasteiger partial charge in [0.15, 0.2) is 0 Å². The molecule has 0 aromatic carbocycles. The molecule has 0 aliphatic rings. The maximum absolute atomic E-state index is 10.3. The van der Waals surface area contributed by atoms with E-state index in [4.69, 9.17) is 15.9 Å². The standard InChI is InChI=1S/C6H11NO4/c1-2-3(5(8)9)4(7)6(10)11/h3-4H,2,7H2,1H3,(H,8,9)(H,10,11)/t3-,4+/m1/s1. The van der Waals surface area contributed by atoms with Crippen LogP contribution in [0.25, 0.3) is 0 Å². The van der Waals surface area contributed by atoms with Crippen LogP contribution in [0.2, 0.25) is 0 Å². The highest BCUT2D eigenvalue weighted by Crippen LogP contribution is 2.06. The second kappa shape index (κ2) is 3.92. The fourth-order valence-electron chi connectivity index (χ4n) is 0.754. The second-order valence-electron chi connectivity index (χ2n) is 2.22. The van der Waals surface area contributed by atoms with Crippen molar-refractivity contribution in [3.8, 4) is 0 Å². The number of hydrogen-bond donors (Lipinski definition) is 3. The molecule has 0 saturated carbocycles. The Morgan fingerprint density at radius 1 is 1.36 bits per heavy atom. The molecule has 5 heteroatoms. The molecule has 0 rings (SSSR count). The summed E-state index contributed by atoms with van der Waals surface area (Å²) in [6.07, 6.45) is 0.225. The third-order valence-corrected chi connectivity index (χ3v) is 1.48. The summed E-state index contributed by atoms with van der Waals surface area (Å²) in [4.78, 5) is 20.5. The quantitative estimate of drug-likeness (QED) is 0.516. The van der Waals surface area contributed by atoms with Gasteiger partial charge in [-0.25, -0.2) is 0 Å². The Balaban J connectivity index is 4.25. The first-order chi connectivity index (χ1) is 5.00. The van der Waals surface area contributed by atoms with E-state index in [-0.39, 0.29) is 6.42 Å². The predicted octanol–water partition coefficient (Wildman–Crippen LogP) is -0.491. The lowest BCUT2D eigenvalue weighted by Crippen LogP contribution is -2.41. The molecule has 0 fully saturated rings. The number of hydrogen-bond acceptors (Lipinski definition) is 3. The summed E-state index contributed by atoms with van der Waals surface area (Å²) in [6, 6.07) is -1.31. The summed E-state index contributed by atoms with van der Waals surface area (Å²) in [6.45, 7) is 1.58. The van der Waals surface area contributed by atoms with E-state index in [1.165, 1.54) is 0 Å². The molecule has 0 amide bonds. The predicted molar refractivity (Wildman–Crippen MR) is 37.0 cm³/mol. The van der Waals surface area contributed by atoms with Crippen molar-refractivity contribution in [3.63, 3.8) is 0 Å². The Bertz CT molecular complexity index is 168. The van der Waals surface area contributed by atoms with Gasteiger partial charge in [-0.15, -0.1) is 0 Å². The van der Waals surface area contributed by atoms with Gasteiger partial charge in [0.2, 0.25) is 0 Å². The highest BCUT2D eigenvalue weighted by Gasteiger charge is 2.28. The van der Waals surface area contributed by atoms with Crippen molar-refractivity contribution in [1.82, 2.24) is 0 Å². The van der Waals surface area contributed by atoms with Gasteiger partial charge in [-0.1, -0.05) is 6.92 Å². The summed E-state index contributed by atoms with van der Waals surface area (Å²) >= 11 is 0. The van der Waals surface area contributed by atoms with Crippen molar-refractivity contribution in [3.05, 3.63) is 0 Å².